The van der Waals surface area contributed by atoms with Crippen molar-refractivity contribution in [1.29, 1.82) is 0 Å². The zero-order chi connectivity index (χ0) is 12.1. The van der Waals surface area contributed by atoms with Crippen LogP contribution < -0.4 is 5.73 Å². The van der Waals surface area contributed by atoms with Gasteiger partial charge in [0.15, 0.2) is 0 Å². The third-order valence-corrected chi connectivity index (χ3v) is 2.69. The number of benzene rings is 1. The molecule has 0 aliphatic heterocycles. The second kappa shape index (κ2) is 5.66. The lowest BCUT2D eigenvalue weighted by Gasteiger charge is -2.17. The summed E-state index contributed by atoms with van der Waals surface area (Å²) in [5, 5.41) is 8.63. The standard InChI is InChI=1S/C13H19NO2/c1-9(2)10-5-3-4-6-11(10)12(14)7-8-13(15)16/h3-6,9,12H,7-8,14H2,1-2H3,(H,15,16). The first-order chi connectivity index (χ1) is 7.52. The van der Waals surface area contributed by atoms with E-state index in [1.165, 1.54) is 5.56 Å². The quantitative estimate of drug-likeness (QED) is 0.803. The lowest BCUT2D eigenvalue weighted by atomic mass is 9.91. The van der Waals surface area contributed by atoms with Crippen molar-refractivity contribution < 1.29 is 9.90 Å². The van der Waals surface area contributed by atoms with E-state index >= 15 is 0 Å². The first-order valence-corrected chi connectivity index (χ1v) is 5.58. The molecule has 0 radical (unpaired) electrons. The minimum atomic E-state index is -0.794. The molecule has 3 nitrogen and oxygen atoms in total. The van der Waals surface area contributed by atoms with Crippen LogP contribution in [0.5, 0.6) is 0 Å². The lowest BCUT2D eigenvalue weighted by Crippen LogP contribution is -2.14. The van der Waals surface area contributed by atoms with E-state index in [1.54, 1.807) is 0 Å². The van der Waals surface area contributed by atoms with Gasteiger partial charge in [-0.2, -0.15) is 0 Å². The van der Waals surface area contributed by atoms with Gasteiger partial charge in [0.2, 0.25) is 0 Å². The van der Waals surface area contributed by atoms with Gasteiger partial charge in [-0.1, -0.05) is 38.1 Å². The van der Waals surface area contributed by atoms with E-state index in [0.29, 0.717) is 12.3 Å². The predicted molar refractivity (Wildman–Crippen MR) is 64.3 cm³/mol. The summed E-state index contributed by atoms with van der Waals surface area (Å²) in [6.45, 7) is 4.23. The van der Waals surface area contributed by atoms with Crippen LogP contribution in [0.2, 0.25) is 0 Å². The van der Waals surface area contributed by atoms with Crippen molar-refractivity contribution >= 4 is 5.97 Å². The Morgan fingerprint density at radius 3 is 2.38 bits per heavy atom. The highest BCUT2D eigenvalue weighted by atomic mass is 16.4. The molecular weight excluding hydrogens is 202 g/mol. The maximum absolute atomic E-state index is 10.5. The Labute approximate surface area is 96.3 Å². The van der Waals surface area contributed by atoms with Crippen LogP contribution >= 0.6 is 0 Å². The molecule has 0 saturated carbocycles. The van der Waals surface area contributed by atoms with Crippen molar-refractivity contribution in [2.75, 3.05) is 0 Å². The highest BCUT2D eigenvalue weighted by molar-refractivity contribution is 5.66. The third kappa shape index (κ3) is 3.35. The van der Waals surface area contributed by atoms with Gasteiger partial charge in [0, 0.05) is 12.5 Å². The van der Waals surface area contributed by atoms with E-state index < -0.39 is 5.97 Å². The second-order valence-corrected chi connectivity index (χ2v) is 4.32. The Balaban J connectivity index is 2.81. The highest BCUT2D eigenvalue weighted by Gasteiger charge is 2.13. The zero-order valence-electron chi connectivity index (χ0n) is 9.81. The van der Waals surface area contributed by atoms with Gasteiger partial charge < -0.3 is 10.8 Å². The molecule has 1 unspecified atom stereocenters. The van der Waals surface area contributed by atoms with Gasteiger partial charge in [0.05, 0.1) is 0 Å². The van der Waals surface area contributed by atoms with Crippen molar-refractivity contribution in [2.24, 2.45) is 5.73 Å². The second-order valence-electron chi connectivity index (χ2n) is 4.32. The molecule has 0 aliphatic carbocycles. The van der Waals surface area contributed by atoms with Crippen LogP contribution in [0.1, 0.15) is 49.8 Å². The van der Waals surface area contributed by atoms with E-state index in [1.807, 2.05) is 18.2 Å². The zero-order valence-corrected chi connectivity index (χ0v) is 9.81. The molecule has 1 aromatic rings. The fraction of sp³-hybridized carbons (Fsp3) is 0.462. The minimum absolute atomic E-state index is 0.119. The molecule has 0 heterocycles. The van der Waals surface area contributed by atoms with Crippen LogP contribution in [-0.4, -0.2) is 11.1 Å². The molecule has 3 N–H and O–H groups in total. The largest absolute Gasteiger partial charge is 0.481 e. The van der Waals surface area contributed by atoms with Gasteiger partial charge >= 0.3 is 5.97 Å². The average molecular weight is 221 g/mol. The summed E-state index contributed by atoms with van der Waals surface area (Å²) < 4.78 is 0. The normalized spacial score (nSPS) is 12.8. The Morgan fingerprint density at radius 2 is 1.88 bits per heavy atom. The maximum Gasteiger partial charge on any atom is 0.303 e. The van der Waals surface area contributed by atoms with E-state index in [-0.39, 0.29) is 12.5 Å². The number of rotatable bonds is 5. The number of carboxylic acid groups (broad SMARTS) is 1. The molecule has 88 valence electrons. The van der Waals surface area contributed by atoms with Crippen LogP contribution in [0.15, 0.2) is 24.3 Å². The highest BCUT2D eigenvalue weighted by Crippen LogP contribution is 2.25. The smallest absolute Gasteiger partial charge is 0.303 e. The molecule has 0 aliphatic rings. The number of carbonyl (C=O) groups is 1. The molecule has 1 atom stereocenters. The molecule has 16 heavy (non-hydrogen) atoms. The molecule has 0 aromatic heterocycles. The van der Waals surface area contributed by atoms with E-state index in [2.05, 4.69) is 19.9 Å². The predicted octanol–water partition coefficient (Wildman–Crippen LogP) is 2.67. The summed E-state index contributed by atoms with van der Waals surface area (Å²) in [6, 6.07) is 7.79. The summed E-state index contributed by atoms with van der Waals surface area (Å²) in [5.74, 6) is -0.385. The Bertz CT molecular complexity index is 361. The van der Waals surface area contributed by atoms with Gasteiger partial charge in [-0.3, -0.25) is 4.79 Å². The fourth-order valence-electron chi connectivity index (χ4n) is 1.81. The van der Waals surface area contributed by atoms with Gasteiger partial charge in [0.1, 0.15) is 0 Å². The summed E-state index contributed by atoms with van der Waals surface area (Å²) in [5.41, 5.74) is 8.30. The monoisotopic (exact) mass is 221 g/mol. The fourth-order valence-corrected chi connectivity index (χ4v) is 1.81. The Kier molecular flexibility index (Phi) is 4.50. The van der Waals surface area contributed by atoms with Gasteiger partial charge in [-0.25, -0.2) is 0 Å². The van der Waals surface area contributed by atoms with E-state index in [9.17, 15) is 4.79 Å². The number of carboxylic acids is 1. The number of nitrogens with two attached hydrogens (primary N) is 1. The number of aliphatic carboxylic acids is 1. The van der Waals surface area contributed by atoms with Crippen molar-refractivity contribution in [2.45, 2.75) is 38.6 Å². The number of hydrogen-bond acceptors (Lipinski definition) is 2. The Morgan fingerprint density at radius 1 is 1.31 bits per heavy atom. The van der Waals surface area contributed by atoms with Crippen LogP contribution in [0.25, 0.3) is 0 Å². The topological polar surface area (TPSA) is 63.3 Å². The molecule has 1 aromatic carbocycles. The SMILES string of the molecule is CC(C)c1ccccc1C(N)CCC(=O)O. The first kappa shape index (κ1) is 12.7. The van der Waals surface area contributed by atoms with Crippen LogP contribution in [0.3, 0.4) is 0 Å². The Hall–Kier alpha value is -1.35. The van der Waals surface area contributed by atoms with Gasteiger partial charge in [-0.15, -0.1) is 0 Å². The van der Waals surface area contributed by atoms with E-state index in [4.69, 9.17) is 10.8 Å². The summed E-state index contributed by atoms with van der Waals surface area (Å²) in [6.07, 6.45) is 0.604. The van der Waals surface area contributed by atoms with Crippen molar-refractivity contribution in [1.82, 2.24) is 0 Å². The van der Waals surface area contributed by atoms with Crippen LogP contribution in [0.4, 0.5) is 0 Å². The maximum atomic E-state index is 10.5. The van der Waals surface area contributed by atoms with Gasteiger partial charge in [0.25, 0.3) is 0 Å². The van der Waals surface area contributed by atoms with Crippen molar-refractivity contribution in [3.8, 4) is 0 Å². The first-order valence-electron chi connectivity index (χ1n) is 5.58. The molecule has 0 spiro atoms. The van der Waals surface area contributed by atoms with Crippen molar-refractivity contribution in [3.05, 3.63) is 35.4 Å². The third-order valence-electron chi connectivity index (χ3n) is 2.69. The molecule has 3 heteroatoms. The summed E-state index contributed by atoms with van der Waals surface area (Å²) in [4.78, 5) is 10.5. The van der Waals surface area contributed by atoms with Gasteiger partial charge in [-0.05, 0) is 23.5 Å². The minimum Gasteiger partial charge on any atom is -0.481 e. The van der Waals surface area contributed by atoms with Crippen LogP contribution in [0, 0.1) is 0 Å². The summed E-state index contributed by atoms with van der Waals surface area (Å²) >= 11 is 0. The molecule has 1 rings (SSSR count). The molecular formula is C13H19NO2. The molecule has 0 amide bonds. The molecule has 0 saturated heterocycles. The number of hydrogen-bond donors (Lipinski definition) is 2. The average Bonchev–Trinajstić information content (AvgIpc) is 2.25. The van der Waals surface area contributed by atoms with Crippen molar-refractivity contribution in [3.63, 3.8) is 0 Å². The molecule has 0 bridgehead atoms. The van der Waals surface area contributed by atoms with Crippen LogP contribution in [-0.2, 0) is 4.79 Å². The lowest BCUT2D eigenvalue weighted by molar-refractivity contribution is -0.137. The molecule has 0 fully saturated rings. The van der Waals surface area contributed by atoms with E-state index in [0.717, 1.165) is 5.56 Å². The summed E-state index contributed by atoms with van der Waals surface area (Å²) in [7, 11) is 0.